The van der Waals surface area contributed by atoms with Crippen molar-refractivity contribution in [3.05, 3.63) is 15.8 Å². The van der Waals surface area contributed by atoms with E-state index in [1.54, 1.807) is 12.3 Å². The molecule has 5 nitrogen and oxygen atoms in total. The van der Waals surface area contributed by atoms with Crippen LogP contribution in [0.4, 0.5) is 0 Å². The second-order valence-electron chi connectivity index (χ2n) is 5.05. The van der Waals surface area contributed by atoms with E-state index in [1.165, 1.54) is 11.3 Å². The minimum absolute atomic E-state index is 0.216. The fourth-order valence-electron chi connectivity index (χ4n) is 1.73. The molecule has 0 amide bonds. The van der Waals surface area contributed by atoms with Gasteiger partial charge in [-0.3, -0.25) is 0 Å². The van der Waals surface area contributed by atoms with Crippen molar-refractivity contribution < 1.29 is 18.3 Å². The Kier molecular flexibility index (Phi) is 7.11. The Morgan fingerprint density at radius 3 is 2.75 bits per heavy atom. The first-order valence-corrected chi connectivity index (χ1v) is 9.00. The Bertz CT molecular complexity index is 508. The van der Waals surface area contributed by atoms with Crippen LogP contribution in [-0.2, 0) is 21.4 Å². The number of aryl methyl sites for hydroxylation is 1. The lowest BCUT2D eigenvalue weighted by Crippen LogP contribution is -2.26. The van der Waals surface area contributed by atoms with Crippen LogP contribution in [0, 0.1) is 12.8 Å². The van der Waals surface area contributed by atoms with Gasteiger partial charge in [0.2, 0.25) is 10.0 Å². The van der Waals surface area contributed by atoms with Gasteiger partial charge in [-0.2, -0.15) is 0 Å². The Hall–Kier alpha value is -0.470. The number of hydrogen-bond donors (Lipinski definition) is 2. The van der Waals surface area contributed by atoms with E-state index in [0.717, 1.165) is 0 Å². The Morgan fingerprint density at radius 1 is 1.45 bits per heavy atom. The lowest BCUT2D eigenvalue weighted by Gasteiger charge is -2.09. The van der Waals surface area contributed by atoms with Gasteiger partial charge in [0.25, 0.3) is 0 Å². The van der Waals surface area contributed by atoms with Crippen molar-refractivity contribution in [2.45, 2.75) is 38.7 Å². The maximum absolute atomic E-state index is 12.2. The number of sulfonamides is 1. The van der Waals surface area contributed by atoms with E-state index in [2.05, 4.69) is 18.6 Å². The molecule has 1 aromatic heterocycles. The summed E-state index contributed by atoms with van der Waals surface area (Å²) in [6.45, 7) is 7.17. The molecule has 0 unspecified atom stereocenters. The molecule has 0 fully saturated rings. The first kappa shape index (κ1) is 17.6. The van der Waals surface area contributed by atoms with E-state index in [-0.39, 0.29) is 11.5 Å². The third-order valence-corrected chi connectivity index (χ3v) is 5.52. The van der Waals surface area contributed by atoms with Crippen LogP contribution in [0.1, 0.15) is 30.7 Å². The zero-order valence-electron chi connectivity index (χ0n) is 12.2. The number of ether oxygens (including phenoxy) is 1. The highest BCUT2D eigenvalue weighted by Gasteiger charge is 2.21. The maximum Gasteiger partial charge on any atom is 0.242 e. The molecule has 20 heavy (non-hydrogen) atoms. The summed E-state index contributed by atoms with van der Waals surface area (Å²) in [6.07, 6.45) is 0.629. The summed E-state index contributed by atoms with van der Waals surface area (Å²) in [6, 6.07) is 0. The molecule has 0 bridgehead atoms. The second kappa shape index (κ2) is 8.09. The summed E-state index contributed by atoms with van der Waals surface area (Å²) in [7, 11) is -3.55. The topological polar surface area (TPSA) is 75.6 Å². The number of aliphatic hydroxyl groups excluding tert-OH is 1. The molecule has 1 heterocycles. The van der Waals surface area contributed by atoms with E-state index < -0.39 is 10.0 Å². The van der Waals surface area contributed by atoms with E-state index in [1.807, 2.05) is 0 Å². The smallest absolute Gasteiger partial charge is 0.242 e. The van der Waals surface area contributed by atoms with Crippen LogP contribution < -0.4 is 4.72 Å². The van der Waals surface area contributed by atoms with Crippen molar-refractivity contribution in [1.29, 1.82) is 0 Å². The largest absolute Gasteiger partial charge is 0.391 e. The highest BCUT2D eigenvalue weighted by atomic mass is 32.2. The van der Waals surface area contributed by atoms with E-state index in [4.69, 9.17) is 4.74 Å². The van der Waals surface area contributed by atoms with Gasteiger partial charge in [-0.1, -0.05) is 13.8 Å². The molecule has 0 aliphatic carbocycles. The van der Waals surface area contributed by atoms with E-state index in [9.17, 15) is 13.5 Å². The van der Waals surface area contributed by atoms with Gasteiger partial charge in [-0.25, -0.2) is 13.1 Å². The van der Waals surface area contributed by atoms with Crippen molar-refractivity contribution >= 4 is 21.4 Å². The van der Waals surface area contributed by atoms with Crippen LogP contribution in [0.25, 0.3) is 0 Å². The molecule has 116 valence electrons. The second-order valence-corrected chi connectivity index (χ2v) is 7.72. The highest BCUT2D eigenvalue weighted by Crippen LogP contribution is 2.26. The summed E-state index contributed by atoms with van der Waals surface area (Å²) in [5, 5.41) is 10.9. The standard InChI is InChI=1S/C13H23NO4S2/c1-10(2)8-18-6-4-5-14-20(16,17)13-11(3)9-19-12(13)7-15/h9-10,14-15H,4-8H2,1-3H3. The van der Waals surface area contributed by atoms with E-state index in [0.29, 0.717) is 42.5 Å². The van der Waals surface area contributed by atoms with Gasteiger partial charge in [-0.15, -0.1) is 11.3 Å². The van der Waals surface area contributed by atoms with Crippen LogP contribution in [0.3, 0.4) is 0 Å². The number of thiophene rings is 1. The lowest BCUT2D eigenvalue weighted by atomic mass is 10.2. The maximum atomic E-state index is 12.2. The zero-order valence-corrected chi connectivity index (χ0v) is 13.8. The van der Waals surface area contributed by atoms with Gasteiger partial charge in [-0.05, 0) is 30.2 Å². The van der Waals surface area contributed by atoms with Crippen LogP contribution >= 0.6 is 11.3 Å². The predicted molar refractivity (Wildman–Crippen MR) is 80.4 cm³/mol. The third kappa shape index (κ3) is 5.14. The average Bonchev–Trinajstić information content (AvgIpc) is 2.75. The van der Waals surface area contributed by atoms with Gasteiger partial charge in [0, 0.05) is 19.8 Å². The highest BCUT2D eigenvalue weighted by molar-refractivity contribution is 7.89. The molecule has 1 rings (SSSR count). The molecule has 7 heteroatoms. The molecule has 0 aromatic carbocycles. The summed E-state index contributed by atoms with van der Waals surface area (Å²) in [5.41, 5.74) is 0.669. The van der Waals surface area contributed by atoms with Crippen molar-refractivity contribution in [1.82, 2.24) is 4.72 Å². The van der Waals surface area contributed by atoms with E-state index >= 15 is 0 Å². The summed E-state index contributed by atoms with van der Waals surface area (Å²) < 4.78 is 32.3. The first-order valence-electron chi connectivity index (χ1n) is 6.63. The van der Waals surface area contributed by atoms with Crippen LogP contribution in [0.5, 0.6) is 0 Å². The predicted octanol–water partition coefficient (Wildman–Crippen LogP) is 1.89. The molecular formula is C13H23NO4S2. The normalized spacial score (nSPS) is 12.2. The quantitative estimate of drug-likeness (QED) is 0.681. The summed E-state index contributed by atoms with van der Waals surface area (Å²) in [5.74, 6) is 0.479. The van der Waals surface area contributed by atoms with Gasteiger partial charge in [0.1, 0.15) is 4.90 Å². The fourth-order valence-corrected chi connectivity index (χ4v) is 4.46. The fraction of sp³-hybridized carbons (Fsp3) is 0.692. The van der Waals surface area contributed by atoms with Crippen molar-refractivity contribution in [3.63, 3.8) is 0 Å². The average molecular weight is 321 g/mol. The van der Waals surface area contributed by atoms with Crippen molar-refractivity contribution in [3.8, 4) is 0 Å². The Labute approximate surface area is 125 Å². The first-order chi connectivity index (χ1) is 9.38. The molecule has 0 saturated carbocycles. The molecule has 1 aromatic rings. The minimum atomic E-state index is -3.55. The number of rotatable bonds is 9. The van der Waals surface area contributed by atoms with Gasteiger partial charge in [0.15, 0.2) is 0 Å². The molecule has 0 aliphatic heterocycles. The number of aliphatic hydroxyl groups is 1. The molecule has 2 N–H and O–H groups in total. The monoisotopic (exact) mass is 321 g/mol. The molecule has 0 atom stereocenters. The van der Waals surface area contributed by atoms with Crippen molar-refractivity contribution in [2.75, 3.05) is 19.8 Å². The van der Waals surface area contributed by atoms with Gasteiger partial charge >= 0.3 is 0 Å². The zero-order chi connectivity index (χ0) is 15.2. The third-order valence-electron chi connectivity index (χ3n) is 2.61. The van der Waals surface area contributed by atoms with Crippen LogP contribution in [0.15, 0.2) is 10.3 Å². The summed E-state index contributed by atoms with van der Waals surface area (Å²) >= 11 is 1.26. The van der Waals surface area contributed by atoms with Gasteiger partial charge in [0.05, 0.1) is 11.5 Å². The molecular weight excluding hydrogens is 298 g/mol. The lowest BCUT2D eigenvalue weighted by molar-refractivity contribution is 0.108. The minimum Gasteiger partial charge on any atom is -0.391 e. The number of hydrogen-bond acceptors (Lipinski definition) is 5. The van der Waals surface area contributed by atoms with Gasteiger partial charge < -0.3 is 9.84 Å². The Balaban J connectivity index is 2.48. The van der Waals surface area contributed by atoms with Crippen molar-refractivity contribution in [2.24, 2.45) is 5.92 Å². The molecule has 0 saturated heterocycles. The summed E-state index contributed by atoms with van der Waals surface area (Å²) in [4.78, 5) is 0.694. The van der Waals surface area contributed by atoms with Crippen LogP contribution in [0.2, 0.25) is 0 Å². The molecule has 0 aliphatic rings. The molecule has 0 radical (unpaired) electrons. The van der Waals surface area contributed by atoms with Crippen LogP contribution in [-0.4, -0.2) is 33.3 Å². The molecule has 0 spiro atoms. The number of nitrogens with one attached hydrogen (secondary N) is 1. The SMILES string of the molecule is Cc1csc(CO)c1S(=O)(=O)NCCCOCC(C)C. The Morgan fingerprint density at radius 2 is 2.15 bits per heavy atom.